The van der Waals surface area contributed by atoms with E-state index in [1.165, 1.54) is 0 Å². The molecule has 2 nitrogen and oxygen atoms in total. The van der Waals surface area contributed by atoms with Crippen molar-refractivity contribution in [2.24, 2.45) is 0 Å². The Balaban J connectivity index is 3.15. The number of hydrogen-bond donors (Lipinski definition) is 2. The maximum absolute atomic E-state index is 10.9. The number of unbranched alkanes of at least 4 members (excludes halogenated alkanes) is 1. The summed E-state index contributed by atoms with van der Waals surface area (Å²) in [6.45, 7) is 4.07. The summed E-state index contributed by atoms with van der Waals surface area (Å²) in [4.78, 5) is 10.9. The molecule has 0 aromatic rings. The zero-order valence-corrected chi connectivity index (χ0v) is 7.57. The maximum Gasteiger partial charge on any atom is 0.220 e. The van der Waals surface area contributed by atoms with E-state index in [-0.39, 0.29) is 5.91 Å². The third-order valence-electron chi connectivity index (χ3n) is 1.26. The lowest BCUT2D eigenvalue weighted by atomic mass is 10.2. The molecular weight excluding hydrogens is 158 g/mol. The summed E-state index contributed by atoms with van der Waals surface area (Å²) >= 11 is 4.05. The summed E-state index contributed by atoms with van der Waals surface area (Å²) in [5.74, 6) is 0.959. The number of amides is 1. The Hall–Kier alpha value is -0.440. The first-order valence-corrected chi connectivity index (χ1v) is 4.43. The summed E-state index contributed by atoms with van der Waals surface area (Å²) in [5.41, 5.74) is 0. The first kappa shape index (κ1) is 10.6. The van der Waals surface area contributed by atoms with E-state index in [1.54, 1.807) is 6.08 Å². The highest BCUT2D eigenvalue weighted by Crippen LogP contribution is 1.95. The van der Waals surface area contributed by atoms with Crippen LogP contribution in [0.5, 0.6) is 0 Å². The van der Waals surface area contributed by atoms with Gasteiger partial charge in [0, 0.05) is 13.0 Å². The van der Waals surface area contributed by atoms with E-state index < -0.39 is 0 Å². The van der Waals surface area contributed by atoms with Crippen molar-refractivity contribution in [3.63, 3.8) is 0 Å². The van der Waals surface area contributed by atoms with Crippen molar-refractivity contribution in [3.05, 3.63) is 12.7 Å². The van der Waals surface area contributed by atoms with Gasteiger partial charge in [0.25, 0.3) is 0 Å². The molecular formula is C8H15NOS. The van der Waals surface area contributed by atoms with E-state index in [2.05, 4.69) is 24.5 Å². The van der Waals surface area contributed by atoms with E-state index >= 15 is 0 Å². The first-order chi connectivity index (χ1) is 5.31. The molecule has 0 radical (unpaired) electrons. The van der Waals surface area contributed by atoms with E-state index in [1.807, 2.05) is 0 Å². The molecule has 0 atom stereocenters. The van der Waals surface area contributed by atoms with Gasteiger partial charge < -0.3 is 5.32 Å². The zero-order chi connectivity index (χ0) is 8.53. The zero-order valence-electron chi connectivity index (χ0n) is 6.68. The maximum atomic E-state index is 10.9. The Morgan fingerprint density at radius 3 is 2.82 bits per heavy atom. The van der Waals surface area contributed by atoms with Gasteiger partial charge in [0.1, 0.15) is 0 Å². The summed E-state index contributed by atoms with van der Waals surface area (Å²) in [6, 6.07) is 0. The molecule has 1 N–H and O–H groups in total. The van der Waals surface area contributed by atoms with Crippen molar-refractivity contribution in [2.75, 3.05) is 12.3 Å². The number of hydrogen-bond acceptors (Lipinski definition) is 2. The van der Waals surface area contributed by atoms with Crippen LogP contribution in [-0.4, -0.2) is 18.2 Å². The van der Waals surface area contributed by atoms with Crippen molar-refractivity contribution >= 4 is 18.5 Å². The quantitative estimate of drug-likeness (QED) is 0.355. The lowest BCUT2D eigenvalue weighted by Gasteiger charge is -1.99. The molecule has 0 aromatic heterocycles. The Morgan fingerprint density at radius 2 is 2.27 bits per heavy atom. The lowest BCUT2D eigenvalue weighted by molar-refractivity contribution is -0.120. The van der Waals surface area contributed by atoms with Gasteiger partial charge in [-0.2, -0.15) is 12.6 Å². The van der Waals surface area contributed by atoms with Crippen LogP contribution in [0, 0.1) is 0 Å². The second kappa shape index (κ2) is 7.66. The molecule has 0 fully saturated rings. The van der Waals surface area contributed by atoms with Crippen molar-refractivity contribution in [2.45, 2.75) is 19.3 Å². The first-order valence-electron chi connectivity index (χ1n) is 3.79. The Morgan fingerprint density at radius 1 is 1.55 bits per heavy atom. The predicted octanol–water partition coefficient (Wildman–Crippen LogP) is 1.39. The van der Waals surface area contributed by atoms with Gasteiger partial charge in [-0.15, -0.1) is 6.58 Å². The van der Waals surface area contributed by atoms with Crippen LogP contribution in [0.4, 0.5) is 0 Å². The van der Waals surface area contributed by atoms with Gasteiger partial charge in [-0.05, 0) is 18.6 Å². The molecule has 11 heavy (non-hydrogen) atoms. The summed E-state index contributed by atoms with van der Waals surface area (Å²) in [7, 11) is 0. The number of rotatable bonds is 6. The number of thiol groups is 1. The van der Waals surface area contributed by atoms with Gasteiger partial charge in [0.15, 0.2) is 0 Å². The van der Waals surface area contributed by atoms with Crippen molar-refractivity contribution in [1.82, 2.24) is 5.32 Å². The second-order valence-electron chi connectivity index (χ2n) is 2.27. The Labute approximate surface area is 73.5 Å². The van der Waals surface area contributed by atoms with Crippen LogP contribution in [0.3, 0.4) is 0 Å². The van der Waals surface area contributed by atoms with Crippen LogP contribution in [0.25, 0.3) is 0 Å². The molecule has 0 saturated carbocycles. The molecule has 0 aromatic carbocycles. The largest absolute Gasteiger partial charge is 0.353 e. The molecule has 0 saturated heterocycles. The predicted molar refractivity (Wildman–Crippen MR) is 50.9 cm³/mol. The van der Waals surface area contributed by atoms with Crippen LogP contribution in [-0.2, 0) is 4.79 Å². The minimum atomic E-state index is 0.103. The van der Waals surface area contributed by atoms with Gasteiger partial charge in [0.2, 0.25) is 5.91 Å². The number of carbonyl (C=O) groups excluding carboxylic acids is 1. The Bertz CT molecular complexity index is 125. The second-order valence-corrected chi connectivity index (χ2v) is 2.72. The molecule has 0 rings (SSSR count). The average Bonchev–Trinajstić information content (AvgIpc) is 2.01. The van der Waals surface area contributed by atoms with E-state index in [9.17, 15) is 4.79 Å². The van der Waals surface area contributed by atoms with Gasteiger partial charge in [-0.3, -0.25) is 4.79 Å². The standard InChI is InChI=1S/C8H15NOS/c1-2-6-9-8(10)5-3-4-7-11/h2,11H,1,3-7H2,(H,9,10). The van der Waals surface area contributed by atoms with Gasteiger partial charge in [-0.1, -0.05) is 6.08 Å². The molecule has 0 unspecified atom stereocenters. The fourth-order valence-corrected chi connectivity index (χ4v) is 0.895. The number of carbonyl (C=O) groups is 1. The summed E-state index contributed by atoms with van der Waals surface area (Å²) < 4.78 is 0. The normalized spacial score (nSPS) is 9.18. The summed E-state index contributed by atoms with van der Waals surface area (Å²) in [5, 5.41) is 2.71. The number of nitrogens with one attached hydrogen (secondary N) is 1. The smallest absolute Gasteiger partial charge is 0.220 e. The van der Waals surface area contributed by atoms with E-state index in [4.69, 9.17) is 0 Å². The third-order valence-corrected chi connectivity index (χ3v) is 1.57. The average molecular weight is 173 g/mol. The van der Waals surface area contributed by atoms with Crippen LogP contribution in [0.15, 0.2) is 12.7 Å². The summed E-state index contributed by atoms with van der Waals surface area (Å²) in [6.07, 6.45) is 4.21. The van der Waals surface area contributed by atoms with Crippen LogP contribution in [0.1, 0.15) is 19.3 Å². The molecule has 64 valence electrons. The lowest BCUT2D eigenvalue weighted by Crippen LogP contribution is -2.22. The minimum absolute atomic E-state index is 0.103. The fourth-order valence-electron chi connectivity index (χ4n) is 0.672. The van der Waals surface area contributed by atoms with E-state index in [0.717, 1.165) is 18.6 Å². The molecule has 0 heterocycles. The molecule has 0 aliphatic carbocycles. The van der Waals surface area contributed by atoms with Crippen LogP contribution >= 0.6 is 12.6 Å². The van der Waals surface area contributed by atoms with Gasteiger partial charge >= 0.3 is 0 Å². The highest BCUT2D eigenvalue weighted by Gasteiger charge is 1.96. The van der Waals surface area contributed by atoms with Crippen molar-refractivity contribution < 1.29 is 4.79 Å². The SMILES string of the molecule is C=CCNC(=O)CCCCS. The van der Waals surface area contributed by atoms with Crippen molar-refractivity contribution in [1.29, 1.82) is 0 Å². The topological polar surface area (TPSA) is 29.1 Å². The Kier molecular flexibility index (Phi) is 7.36. The molecule has 0 spiro atoms. The van der Waals surface area contributed by atoms with E-state index in [0.29, 0.717) is 13.0 Å². The van der Waals surface area contributed by atoms with Crippen LogP contribution < -0.4 is 5.32 Å². The molecule has 1 amide bonds. The van der Waals surface area contributed by atoms with Gasteiger partial charge in [0.05, 0.1) is 0 Å². The molecule has 3 heteroatoms. The highest BCUT2D eigenvalue weighted by atomic mass is 32.1. The fraction of sp³-hybridized carbons (Fsp3) is 0.625. The molecule has 0 aliphatic heterocycles. The minimum Gasteiger partial charge on any atom is -0.353 e. The van der Waals surface area contributed by atoms with Gasteiger partial charge in [-0.25, -0.2) is 0 Å². The highest BCUT2D eigenvalue weighted by molar-refractivity contribution is 7.80. The van der Waals surface area contributed by atoms with Crippen LogP contribution in [0.2, 0.25) is 0 Å². The molecule has 0 bridgehead atoms. The third kappa shape index (κ3) is 7.46. The van der Waals surface area contributed by atoms with Crippen molar-refractivity contribution in [3.8, 4) is 0 Å². The molecule has 0 aliphatic rings. The monoisotopic (exact) mass is 173 g/mol.